The van der Waals surface area contributed by atoms with Crippen LogP contribution in [-0.2, 0) is 0 Å². The van der Waals surface area contributed by atoms with Gasteiger partial charge in [0.2, 0.25) is 0 Å². The number of ether oxygens (including phenoxy) is 1. The molecule has 0 saturated heterocycles. The predicted octanol–water partition coefficient (Wildman–Crippen LogP) is 4.71. The first-order chi connectivity index (χ1) is 12.2. The number of carbonyl (C=O) groups excluding carboxylic acids is 1. The lowest BCUT2D eigenvalue weighted by molar-refractivity contribution is 0.102. The van der Waals surface area contributed by atoms with Gasteiger partial charge >= 0.3 is 0 Å². The van der Waals surface area contributed by atoms with E-state index in [4.69, 9.17) is 4.74 Å². The highest BCUT2D eigenvalue weighted by Crippen LogP contribution is 2.21. The minimum absolute atomic E-state index is 0.189. The van der Waals surface area contributed by atoms with E-state index >= 15 is 0 Å². The standard InChI is InChI=1S/C21H20N2O2/c1-3-25-20-10-8-19(9-11-20)23-21(24)18-12-17(13-22-14-18)16-6-4-15(2)5-7-16/h4-14H,3H2,1-2H3,(H,23,24). The van der Waals surface area contributed by atoms with Gasteiger partial charge in [-0.05, 0) is 49.7 Å². The zero-order valence-corrected chi connectivity index (χ0v) is 14.3. The summed E-state index contributed by atoms with van der Waals surface area (Å²) < 4.78 is 5.40. The SMILES string of the molecule is CCOc1ccc(NC(=O)c2cncc(-c3ccc(C)cc3)c2)cc1. The molecule has 0 aliphatic carbocycles. The van der Waals surface area contributed by atoms with Crippen molar-refractivity contribution in [3.63, 3.8) is 0 Å². The Balaban J connectivity index is 1.76. The second-order valence-corrected chi connectivity index (χ2v) is 5.74. The number of carbonyl (C=O) groups is 1. The van der Waals surface area contributed by atoms with E-state index in [1.807, 2.05) is 68.4 Å². The number of nitrogens with one attached hydrogen (secondary N) is 1. The number of anilines is 1. The molecule has 0 fully saturated rings. The topological polar surface area (TPSA) is 51.2 Å². The molecule has 0 saturated carbocycles. The summed E-state index contributed by atoms with van der Waals surface area (Å²) in [7, 11) is 0. The molecule has 4 heteroatoms. The average Bonchev–Trinajstić information content (AvgIpc) is 2.64. The van der Waals surface area contributed by atoms with Crippen LogP contribution in [0.5, 0.6) is 5.75 Å². The smallest absolute Gasteiger partial charge is 0.257 e. The lowest BCUT2D eigenvalue weighted by Gasteiger charge is -2.08. The Bertz CT molecular complexity index is 856. The van der Waals surface area contributed by atoms with Gasteiger partial charge in [0, 0.05) is 23.6 Å². The molecule has 0 radical (unpaired) electrons. The summed E-state index contributed by atoms with van der Waals surface area (Å²) in [5.41, 5.74) is 4.38. The number of pyridine rings is 1. The first-order valence-corrected chi connectivity index (χ1v) is 8.22. The van der Waals surface area contributed by atoms with Crippen molar-refractivity contribution in [1.29, 1.82) is 0 Å². The fraction of sp³-hybridized carbons (Fsp3) is 0.143. The van der Waals surface area contributed by atoms with Crippen LogP contribution in [0, 0.1) is 6.92 Å². The minimum Gasteiger partial charge on any atom is -0.494 e. The highest BCUT2D eigenvalue weighted by Gasteiger charge is 2.09. The zero-order valence-electron chi connectivity index (χ0n) is 14.3. The maximum absolute atomic E-state index is 12.5. The third-order valence-electron chi connectivity index (χ3n) is 3.81. The Hall–Kier alpha value is -3.14. The fourth-order valence-corrected chi connectivity index (χ4v) is 2.47. The molecule has 1 amide bonds. The van der Waals surface area contributed by atoms with Gasteiger partial charge < -0.3 is 10.1 Å². The van der Waals surface area contributed by atoms with Crippen molar-refractivity contribution < 1.29 is 9.53 Å². The van der Waals surface area contributed by atoms with Crippen LogP contribution >= 0.6 is 0 Å². The van der Waals surface area contributed by atoms with Gasteiger partial charge in [-0.1, -0.05) is 29.8 Å². The molecule has 3 rings (SSSR count). The Kier molecular flexibility index (Phi) is 5.09. The summed E-state index contributed by atoms with van der Waals surface area (Å²) >= 11 is 0. The van der Waals surface area contributed by atoms with Crippen LogP contribution in [0.1, 0.15) is 22.8 Å². The molecule has 126 valence electrons. The molecule has 0 bridgehead atoms. The lowest BCUT2D eigenvalue weighted by Crippen LogP contribution is -2.12. The van der Waals surface area contributed by atoms with Gasteiger partial charge in [-0.15, -0.1) is 0 Å². The van der Waals surface area contributed by atoms with Gasteiger partial charge in [0.15, 0.2) is 0 Å². The number of hydrogen-bond donors (Lipinski definition) is 1. The normalized spacial score (nSPS) is 10.3. The molecule has 25 heavy (non-hydrogen) atoms. The van der Waals surface area contributed by atoms with Gasteiger partial charge in [0.25, 0.3) is 5.91 Å². The van der Waals surface area contributed by atoms with Gasteiger partial charge in [-0.25, -0.2) is 0 Å². The van der Waals surface area contributed by atoms with Crippen molar-refractivity contribution in [2.45, 2.75) is 13.8 Å². The molecule has 0 aliphatic rings. The Morgan fingerprint density at radius 3 is 2.40 bits per heavy atom. The maximum atomic E-state index is 12.5. The van der Waals surface area contributed by atoms with E-state index in [9.17, 15) is 4.79 Å². The van der Waals surface area contributed by atoms with Crippen molar-refractivity contribution >= 4 is 11.6 Å². The molecule has 0 aliphatic heterocycles. The number of amides is 1. The second kappa shape index (κ2) is 7.62. The Morgan fingerprint density at radius 2 is 1.72 bits per heavy atom. The monoisotopic (exact) mass is 332 g/mol. The number of aromatic nitrogens is 1. The van der Waals surface area contributed by atoms with Crippen molar-refractivity contribution in [2.24, 2.45) is 0 Å². The summed E-state index contributed by atoms with van der Waals surface area (Å²) in [6.07, 6.45) is 3.33. The molecule has 0 unspecified atom stereocenters. The highest BCUT2D eigenvalue weighted by atomic mass is 16.5. The van der Waals surface area contributed by atoms with Crippen LogP contribution in [0.2, 0.25) is 0 Å². The van der Waals surface area contributed by atoms with Gasteiger partial charge in [0.1, 0.15) is 5.75 Å². The number of benzene rings is 2. The summed E-state index contributed by atoms with van der Waals surface area (Å²) in [6, 6.07) is 17.3. The first-order valence-electron chi connectivity index (χ1n) is 8.22. The Morgan fingerprint density at radius 1 is 1.00 bits per heavy atom. The van der Waals surface area contributed by atoms with E-state index in [0.717, 1.165) is 16.9 Å². The Labute approximate surface area is 147 Å². The molecule has 0 atom stereocenters. The average molecular weight is 332 g/mol. The third kappa shape index (κ3) is 4.23. The molecular formula is C21H20N2O2. The number of hydrogen-bond acceptors (Lipinski definition) is 3. The predicted molar refractivity (Wildman–Crippen MR) is 100.0 cm³/mol. The molecule has 1 heterocycles. The van der Waals surface area contributed by atoms with E-state index < -0.39 is 0 Å². The van der Waals surface area contributed by atoms with E-state index in [0.29, 0.717) is 17.9 Å². The largest absolute Gasteiger partial charge is 0.494 e. The van der Waals surface area contributed by atoms with E-state index in [1.165, 1.54) is 5.56 Å². The first kappa shape index (κ1) is 16.7. The van der Waals surface area contributed by atoms with Crippen molar-refractivity contribution in [3.05, 3.63) is 78.1 Å². The van der Waals surface area contributed by atoms with Crippen LogP contribution in [0.3, 0.4) is 0 Å². The van der Waals surface area contributed by atoms with E-state index in [1.54, 1.807) is 12.4 Å². The van der Waals surface area contributed by atoms with Crippen LogP contribution < -0.4 is 10.1 Å². The summed E-state index contributed by atoms with van der Waals surface area (Å²) in [5.74, 6) is 0.592. The quantitative estimate of drug-likeness (QED) is 0.736. The molecule has 2 aromatic carbocycles. The molecule has 4 nitrogen and oxygen atoms in total. The second-order valence-electron chi connectivity index (χ2n) is 5.74. The third-order valence-corrected chi connectivity index (χ3v) is 3.81. The van der Waals surface area contributed by atoms with Gasteiger partial charge in [-0.3, -0.25) is 9.78 Å². The van der Waals surface area contributed by atoms with Crippen molar-refractivity contribution in [2.75, 3.05) is 11.9 Å². The summed E-state index contributed by atoms with van der Waals surface area (Å²) in [4.78, 5) is 16.7. The zero-order chi connectivity index (χ0) is 17.6. The van der Waals surface area contributed by atoms with E-state index in [2.05, 4.69) is 10.3 Å². The molecule has 0 spiro atoms. The molecular weight excluding hydrogens is 312 g/mol. The maximum Gasteiger partial charge on any atom is 0.257 e. The van der Waals surface area contributed by atoms with Crippen LogP contribution in [0.15, 0.2) is 67.0 Å². The lowest BCUT2D eigenvalue weighted by atomic mass is 10.0. The summed E-state index contributed by atoms with van der Waals surface area (Å²) in [6.45, 7) is 4.59. The molecule has 3 aromatic rings. The van der Waals surface area contributed by atoms with Gasteiger partial charge in [-0.2, -0.15) is 0 Å². The van der Waals surface area contributed by atoms with Crippen LogP contribution in [-0.4, -0.2) is 17.5 Å². The van der Waals surface area contributed by atoms with Crippen LogP contribution in [0.25, 0.3) is 11.1 Å². The molecule has 1 aromatic heterocycles. The van der Waals surface area contributed by atoms with E-state index in [-0.39, 0.29) is 5.91 Å². The van der Waals surface area contributed by atoms with Crippen LogP contribution in [0.4, 0.5) is 5.69 Å². The minimum atomic E-state index is -0.189. The van der Waals surface area contributed by atoms with Crippen molar-refractivity contribution in [1.82, 2.24) is 4.98 Å². The fourth-order valence-electron chi connectivity index (χ4n) is 2.47. The van der Waals surface area contributed by atoms with Crippen molar-refractivity contribution in [3.8, 4) is 16.9 Å². The van der Waals surface area contributed by atoms with Gasteiger partial charge in [0.05, 0.1) is 12.2 Å². The summed E-state index contributed by atoms with van der Waals surface area (Å²) in [5, 5.41) is 2.88. The number of rotatable bonds is 5. The highest BCUT2D eigenvalue weighted by molar-refractivity contribution is 6.04. The molecule has 1 N–H and O–H groups in total. The number of aryl methyl sites for hydroxylation is 1. The number of nitrogens with zero attached hydrogens (tertiary/aromatic N) is 1.